The lowest BCUT2D eigenvalue weighted by Gasteiger charge is -2.06. The monoisotopic (exact) mass is 251 g/mol. The van der Waals surface area contributed by atoms with Crippen molar-refractivity contribution in [2.75, 3.05) is 0 Å². The number of halogens is 2. The molecule has 0 saturated carbocycles. The Balaban J connectivity index is 2.47. The summed E-state index contributed by atoms with van der Waals surface area (Å²) in [5, 5.41) is 18.1. The number of hydrogen-bond acceptors (Lipinski definition) is 3. The van der Waals surface area contributed by atoms with Crippen LogP contribution in [0.1, 0.15) is 0 Å². The Morgan fingerprint density at radius 1 is 1.24 bits per heavy atom. The molecule has 0 saturated heterocycles. The molecule has 0 radical (unpaired) electrons. The third kappa shape index (κ3) is 2.63. The van der Waals surface area contributed by atoms with Crippen LogP contribution in [-0.4, -0.2) is 22.2 Å². The van der Waals surface area contributed by atoms with Gasteiger partial charge in [-0.05, 0) is 18.2 Å². The minimum absolute atomic E-state index is 0.190. The van der Waals surface area contributed by atoms with Crippen LogP contribution < -0.4 is 5.46 Å². The largest absolute Gasteiger partial charge is 0.490 e. The Labute approximate surface area is 103 Å². The minimum Gasteiger partial charge on any atom is -0.423 e. The van der Waals surface area contributed by atoms with Crippen molar-refractivity contribution in [3.8, 4) is 11.3 Å². The van der Waals surface area contributed by atoms with Crippen LogP contribution in [0.2, 0.25) is 5.02 Å². The molecule has 0 spiro atoms. The first kappa shape index (κ1) is 12.0. The molecule has 2 rings (SSSR count). The molecule has 17 heavy (non-hydrogen) atoms. The van der Waals surface area contributed by atoms with E-state index in [1.54, 1.807) is 12.1 Å². The van der Waals surface area contributed by atoms with Crippen molar-refractivity contribution in [1.29, 1.82) is 0 Å². The molecule has 0 bridgehead atoms. The van der Waals surface area contributed by atoms with Gasteiger partial charge in [-0.3, -0.25) is 4.98 Å². The third-order valence-corrected chi connectivity index (χ3v) is 2.55. The Hall–Kier alpha value is -1.43. The van der Waals surface area contributed by atoms with E-state index in [0.717, 1.165) is 0 Å². The fourth-order valence-electron chi connectivity index (χ4n) is 1.44. The maximum Gasteiger partial charge on any atom is 0.490 e. The fourth-order valence-corrected chi connectivity index (χ4v) is 1.73. The topological polar surface area (TPSA) is 53.4 Å². The van der Waals surface area contributed by atoms with Crippen LogP contribution in [0.25, 0.3) is 11.3 Å². The molecular weight excluding hydrogens is 243 g/mol. The molecule has 0 aliphatic carbocycles. The quantitative estimate of drug-likeness (QED) is 0.789. The lowest BCUT2D eigenvalue weighted by atomic mass is 9.81. The molecule has 6 heteroatoms. The highest BCUT2D eigenvalue weighted by molar-refractivity contribution is 6.59. The first-order chi connectivity index (χ1) is 8.08. The van der Waals surface area contributed by atoms with E-state index in [2.05, 4.69) is 4.98 Å². The molecule has 0 fully saturated rings. The SMILES string of the molecule is OB(O)c1cnc(-c2cccc(F)c2)c(Cl)c1. The van der Waals surface area contributed by atoms with Gasteiger partial charge in [0.1, 0.15) is 5.82 Å². The van der Waals surface area contributed by atoms with E-state index in [4.69, 9.17) is 21.6 Å². The van der Waals surface area contributed by atoms with Crippen molar-refractivity contribution in [3.63, 3.8) is 0 Å². The summed E-state index contributed by atoms with van der Waals surface area (Å²) in [5.74, 6) is -0.383. The van der Waals surface area contributed by atoms with Crippen molar-refractivity contribution in [2.24, 2.45) is 0 Å². The second-order valence-electron chi connectivity index (χ2n) is 3.48. The average Bonchev–Trinajstić information content (AvgIpc) is 2.28. The van der Waals surface area contributed by atoms with Crippen molar-refractivity contribution in [3.05, 3.63) is 47.4 Å². The highest BCUT2D eigenvalue weighted by Crippen LogP contribution is 2.24. The molecule has 0 unspecified atom stereocenters. The second kappa shape index (κ2) is 4.83. The maximum atomic E-state index is 13.0. The molecular formula is C11H8BClFNO2. The van der Waals surface area contributed by atoms with Crippen molar-refractivity contribution in [1.82, 2.24) is 4.98 Å². The van der Waals surface area contributed by atoms with Gasteiger partial charge in [-0.2, -0.15) is 0 Å². The molecule has 0 atom stereocenters. The van der Waals surface area contributed by atoms with Gasteiger partial charge < -0.3 is 10.0 Å². The van der Waals surface area contributed by atoms with Gasteiger partial charge in [0, 0.05) is 17.2 Å². The predicted molar refractivity (Wildman–Crippen MR) is 64.5 cm³/mol. The van der Waals surface area contributed by atoms with Crippen LogP contribution in [0.3, 0.4) is 0 Å². The van der Waals surface area contributed by atoms with E-state index in [9.17, 15) is 4.39 Å². The maximum absolute atomic E-state index is 13.0. The molecule has 1 heterocycles. The zero-order chi connectivity index (χ0) is 12.4. The Bertz CT molecular complexity index is 551. The van der Waals surface area contributed by atoms with Gasteiger partial charge in [0.25, 0.3) is 0 Å². The van der Waals surface area contributed by atoms with E-state index in [0.29, 0.717) is 11.3 Å². The van der Waals surface area contributed by atoms with E-state index in [-0.39, 0.29) is 16.3 Å². The summed E-state index contributed by atoms with van der Waals surface area (Å²) in [5.41, 5.74) is 1.12. The normalized spacial score (nSPS) is 10.4. The van der Waals surface area contributed by atoms with Gasteiger partial charge in [-0.25, -0.2) is 4.39 Å². The van der Waals surface area contributed by atoms with Crippen LogP contribution in [0.5, 0.6) is 0 Å². The summed E-state index contributed by atoms with van der Waals surface area (Å²) in [6.45, 7) is 0. The van der Waals surface area contributed by atoms with Crippen LogP contribution >= 0.6 is 11.6 Å². The average molecular weight is 251 g/mol. The number of hydrogen-bond donors (Lipinski definition) is 2. The van der Waals surface area contributed by atoms with Crippen LogP contribution in [0, 0.1) is 5.82 Å². The number of pyridine rings is 1. The standard InChI is InChI=1S/C11H8BClFNO2/c13-10-5-8(12(16)17)6-15-11(10)7-2-1-3-9(14)4-7/h1-6,16-17H. The number of nitrogens with zero attached hydrogens (tertiary/aromatic N) is 1. The molecule has 0 aliphatic heterocycles. The lowest BCUT2D eigenvalue weighted by molar-refractivity contribution is 0.425. The second-order valence-corrected chi connectivity index (χ2v) is 3.89. The van der Waals surface area contributed by atoms with Crippen molar-refractivity contribution < 1.29 is 14.4 Å². The highest BCUT2D eigenvalue weighted by Gasteiger charge is 2.14. The molecule has 0 aliphatic rings. The molecule has 1 aromatic carbocycles. The lowest BCUT2D eigenvalue weighted by Crippen LogP contribution is -2.30. The van der Waals surface area contributed by atoms with Crippen LogP contribution in [0.4, 0.5) is 4.39 Å². The Morgan fingerprint density at radius 2 is 2.00 bits per heavy atom. The minimum atomic E-state index is -1.62. The smallest absolute Gasteiger partial charge is 0.423 e. The number of rotatable bonds is 2. The van der Waals surface area contributed by atoms with E-state index < -0.39 is 7.12 Å². The highest BCUT2D eigenvalue weighted by atomic mass is 35.5. The first-order valence-electron chi connectivity index (χ1n) is 4.85. The zero-order valence-corrected chi connectivity index (χ0v) is 9.39. The summed E-state index contributed by atoms with van der Waals surface area (Å²) in [6, 6.07) is 7.25. The molecule has 86 valence electrons. The molecule has 2 aromatic rings. The fraction of sp³-hybridized carbons (Fsp3) is 0. The number of benzene rings is 1. The first-order valence-corrected chi connectivity index (χ1v) is 5.23. The molecule has 1 aromatic heterocycles. The van der Waals surface area contributed by atoms with Crippen LogP contribution in [-0.2, 0) is 0 Å². The van der Waals surface area contributed by atoms with E-state index >= 15 is 0 Å². The van der Waals surface area contributed by atoms with Gasteiger partial charge in [0.2, 0.25) is 0 Å². The van der Waals surface area contributed by atoms with Crippen molar-refractivity contribution in [2.45, 2.75) is 0 Å². The van der Waals surface area contributed by atoms with Gasteiger partial charge in [-0.1, -0.05) is 23.7 Å². The van der Waals surface area contributed by atoms with E-state index in [1.165, 1.54) is 24.4 Å². The Morgan fingerprint density at radius 3 is 2.59 bits per heavy atom. The molecule has 3 nitrogen and oxygen atoms in total. The summed E-state index contributed by atoms with van der Waals surface area (Å²) >= 11 is 5.95. The molecule has 2 N–H and O–H groups in total. The third-order valence-electron chi connectivity index (χ3n) is 2.26. The van der Waals surface area contributed by atoms with Gasteiger partial charge >= 0.3 is 7.12 Å². The van der Waals surface area contributed by atoms with Crippen molar-refractivity contribution >= 4 is 24.2 Å². The molecule has 0 amide bonds. The zero-order valence-electron chi connectivity index (χ0n) is 8.64. The predicted octanol–water partition coefficient (Wildman–Crippen LogP) is 1.22. The van der Waals surface area contributed by atoms with Gasteiger partial charge in [-0.15, -0.1) is 0 Å². The number of aromatic nitrogens is 1. The summed E-state index contributed by atoms with van der Waals surface area (Å²) < 4.78 is 13.0. The summed E-state index contributed by atoms with van der Waals surface area (Å²) in [6.07, 6.45) is 1.29. The van der Waals surface area contributed by atoms with Gasteiger partial charge in [0.15, 0.2) is 0 Å². The van der Waals surface area contributed by atoms with Crippen LogP contribution in [0.15, 0.2) is 36.5 Å². The Kier molecular flexibility index (Phi) is 3.42. The van der Waals surface area contributed by atoms with E-state index in [1.807, 2.05) is 0 Å². The summed E-state index contributed by atoms with van der Waals surface area (Å²) in [7, 11) is -1.62. The van der Waals surface area contributed by atoms with Gasteiger partial charge in [0.05, 0.1) is 10.7 Å². The summed E-state index contributed by atoms with van der Waals surface area (Å²) in [4.78, 5) is 3.99.